The summed E-state index contributed by atoms with van der Waals surface area (Å²) in [6, 6.07) is 12.8. The summed E-state index contributed by atoms with van der Waals surface area (Å²) in [5.41, 5.74) is 6.21. The zero-order valence-electron chi connectivity index (χ0n) is 13.7. The van der Waals surface area contributed by atoms with Gasteiger partial charge >= 0.3 is 5.97 Å². The van der Waals surface area contributed by atoms with Crippen LogP contribution in [0.2, 0.25) is 0 Å². The van der Waals surface area contributed by atoms with Crippen molar-refractivity contribution in [2.45, 2.75) is 6.92 Å². The standard InChI is InChI=1S/C18H18N2O5/c1-2-24-18(23)12-7-9-13(10-8-12)20-17(22)14-5-3-4-6-15(14)25-11-16(19)21/h3-10H,2,11H2,1H3,(H2,19,21)(H,20,22). The van der Waals surface area contributed by atoms with Crippen molar-refractivity contribution in [3.8, 4) is 5.75 Å². The van der Waals surface area contributed by atoms with E-state index >= 15 is 0 Å². The average molecular weight is 342 g/mol. The minimum Gasteiger partial charge on any atom is -0.483 e. The first-order valence-corrected chi connectivity index (χ1v) is 7.60. The van der Waals surface area contributed by atoms with Crippen LogP contribution in [0.15, 0.2) is 48.5 Å². The van der Waals surface area contributed by atoms with Crippen LogP contribution in [0.3, 0.4) is 0 Å². The molecule has 2 amide bonds. The van der Waals surface area contributed by atoms with E-state index in [1.165, 1.54) is 0 Å². The molecule has 0 spiro atoms. The van der Waals surface area contributed by atoms with Crippen LogP contribution in [0.1, 0.15) is 27.6 Å². The van der Waals surface area contributed by atoms with Gasteiger partial charge < -0.3 is 20.5 Å². The zero-order valence-corrected chi connectivity index (χ0v) is 13.7. The first-order valence-electron chi connectivity index (χ1n) is 7.60. The molecule has 0 bridgehead atoms. The van der Waals surface area contributed by atoms with E-state index in [9.17, 15) is 14.4 Å². The lowest BCUT2D eigenvalue weighted by Crippen LogP contribution is -2.21. The van der Waals surface area contributed by atoms with E-state index in [2.05, 4.69) is 5.32 Å². The quantitative estimate of drug-likeness (QED) is 0.748. The van der Waals surface area contributed by atoms with Crippen LogP contribution in [0, 0.1) is 0 Å². The van der Waals surface area contributed by atoms with Gasteiger partial charge in [0.2, 0.25) is 0 Å². The van der Waals surface area contributed by atoms with Crippen molar-refractivity contribution in [2.75, 3.05) is 18.5 Å². The van der Waals surface area contributed by atoms with E-state index in [-0.39, 0.29) is 17.9 Å². The van der Waals surface area contributed by atoms with E-state index in [4.69, 9.17) is 15.2 Å². The smallest absolute Gasteiger partial charge is 0.338 e. The number of amides is 2. The zero-order chi connectivity index (χ0) is 18.2. The summed E-state index contributed by atoms with van der Waals surface area (Å²) < 4.78 is 10.1. The molecule has 0 aliphatic rings. The lowest BCUT2D eigenvalue weighted by Gasteiger charge is -2.11. The molecule has 0 heterocycles. The summed E-state index contributed by atoms with van der Waals surface area (Å²) in [5, 5.41) is 2.70. The number of nitrogens with one attached hydrogen (secondary N) is 1. The summed E-state index contributed by atoms with van der Waals surface area (Å²) in [5.74, 6) is -1.22. The van der Waals surface area contributed by atoms with E-state index in [0.717, 1.165) is 0 Å². The van der Waals surface area contributed by atoms with E-state index in [0.29, 0.717) is 17.9 Å². The number of esters is 1. The Morgan fingerprint density at radius 2 is 1.72 bits per heavy atom. The molecule has 25 heavy (non-hydrogen) atoms. The minimum absolute atomic E-state index is 0.252. The van der Waals surface area contributed by atoms with Crippen molar-refractivity contribution in [2.24, 2.45) is 5.73 Å². The van der Waals surface area contributed by atoms with Crippen molar-refractivity contribution in [1.82, 2.24) is 0 Å². The lowest BCUT2D eigenvalue weighted by molar-refractivity contribution is -0.119. The molecule has 0 aliphatic heterocycles. The van der Waals surface area contributed by atoms with Crippen LogP contribution in [-0.4, -0.2) is 31.0 Å². The summed E-state index contributed by atoms with van der Waals surface area (Å²) in [6.45, 7) is 1.70. The topological polar surface area (TPSA) is 108 Å². The third kappa shape index (κ3) is 5.07. The van der Waals surface area contributed by atoms with Crippen LogP contribution < -0.4 is 15.8 Å². The number of carbonyl (C=O) groups is 3. The number of rotatable bonds is 7. The van der Waals surface area contributed by atoms with E-state index in [1.54, 1.807) is 55.5 Å². The molecular weight excluding hydrogens is 324 g/mol. The molecular formula is C18H18N2O5. The Hall–Kier alpha value is -3.35. The highest BCUT2D eigenvalue weighted by Crippen LogP contribution is 2.20. The van der Waals surface area contributed by atoms with Crippen LogP contribution >= 0.6 is 0 Å². The van der Waals surface area contributed by atoms with Crippen molar-refractivity contribution in [3.05, 3.63) is 59.7 Å². The fraction of sp³-hybridized carbons (Fsp3) is 0.167. The Morgan fingerprint density at radius 1 is 1.04 bits per heavy atom. The molecule has 0 fully saturated rings. The molecule has 0 radical (unpaired) electrons. The first-order chi connectivity index (χ1) is 12.0. The Kier molecular flexibility index (Phi) is 6.11. The SMILES string of the molecule is CCOC(=O)c1ccc(NC(=O)c2ccccc2OCC(N)=O)cc1. The van der Waals surface area contributed by atoms with Crippen molar-refractivity contribution < 1.29 is 23.9 Å². The highest BCUT2D eigenvalue weighted by molar-refractivity contribution is 6.06. The molecule has 0 aliphatic carbocycles. The molecule has 0 aromatic heterocycles. The maximum atomic E-state index is 12.4. The van der Waals surface area contributed by atoms with E-state index < -0.39 is 17.8 Å². The van der Waals surface area contributed by atoms with Crippen LogP contribution in [0.4, 0.5) is 5.69 Å². The second-order valence-corrected chi connectivity index (χ2v) is 5.00. The van der Waals surface area contributed by atoms with Gasteiger partial charge in [0.15, 0.2) is 6.61 Å². The largest absolute Gasteiger partial charge is 0.483 e. The van der Waals surface area contributed by atoms with Gasteiger partial charge in [-0.1, -0.05) is 12.1 Å². The lowest BCUT2D eigenvalue weighted by atomic mass is 10.1. The predicted molar refractivity (Wildman–Crippen MR) is 91.5 cm³/mol. The number of hydrogen-bond donors (Lipinski definition) is 2. The number of benzene rings is 2. The Bertz CT molecular complexity index is 771. The molecule has 7 heteroatoms. The van der Waals surface area contributed by atoms with Gasteiger partial charge in [-0.2, -0.15) is 0 Å². The highest BCUT2D eigenvalue weighted by Gasteiger charge is 2.13. The van der Waals surface area contributed by atoms with Gasteiger partial charge in [-0.25, -0.2) is 4.79 Å². The maximum absolute atomic E-state index is 12.4. The van der Waals surface area contributed by atoms with Gasteiger partial charge in [-0.05, 0) is 43.3 Å². The van der Waals surface area contributed by atoms with E-state index in [1.807, 2.05) is 0 Å². The van der Waals surface area contributed by atoms with Crippen LogP contribution in [-0.2, 0) is 9.53 Å². The van der Waals surface area contributed by atoms with Gasteiger partial charge in [0.25, 0.3) is 11.8 Å². The number of carbonyl (C=O) groups excluding carboxylic acids is 3. The molecule has 2 aromatic carbocycles. The second kappa shape index (κ2) is 8.49. The van der Waals surface area contributed by atoms with Gasteiger partial charge in [0.1, 0.15) is 5.75 Å². The monoisotopic (exact) mass is 342 g/mol. The van der Waals surface area contributed by atoms with Crippen molar-refractivity contribution in [3.63, 3.8) is 0 Å². The number of para-hydroxylation sites is 1. The first kappa shape index (κ1) is 18.0. The van der Waals surface area contributed by atoms with Gasteiger partial charge in [-0.3, -0.25) is 9.59 Å². The van der Waals surface area contributed by atoms with Crippen molar-refractivity contribution in [1.29, 1.82) is 0 Å². The highest BCUT2D eigenvalue weighted by atomic mass is 16.5. The third-order valence-corrected chi connectivity index (χ3v) is 3.16. The summed E-state index contributed by atoms with van der Waals surface area (Å²) >= 11 is 0. The number of hydrogen-bond acceptors (Lipinski definition) is 5. The van der Waals surface area contributed by atoms with Gasteiger partial charge in [0, 0.05) is 5.69 Å². The predicted octanol–water partition coefficient (Wildman–Crippen LogP) is 1.98. The minimum atomic E-state index is -0.634. The summed E-state index contributed by atoms with van der Waals surface area (Å²) in [7, 11) is 0. The molecule has 2 aromatic rings. The summed E-state index contributed by atoms with van der Waals surface area (Å²) in [4.78, 5) is 34.8. The molecule has 7 nitrogen and oxygen atoms in total. The molecule has 0 saturated carbocycles. The Morgan fingerprint density at radius 3 is 2.36 bits per heavy atom. The average Bonchev–Trinajstić information content (AvgIpc) is 2.61. The molecule has 130 valence electrons. The number of primary amides is 1. The fourth-order valence-corrected chi connectivity index (χ4v) is 2.03. The molecule has 3 N–H and O–H groups in total. The number of anilines is 1. The Labute approximate surface area is 144 Å². The molecule has 0 unspecified atom stereocenters. The maximum Gasteiger partial charge on any atom is 0.338 e. The number of nitrogens with two attached hydrogens (primary N) is 1. The Balaban J connectivity index is 2.09. The summed E-state index contributed by atoms with van der Waals surface area (Å²) in [6.07, 6.45) is 0. The molecule has 0 saturated heterocycles. The molecule has 2 rings (SSSR count). The van der Waals surface area contributed by atoms with Crippen LogP contribution in [0.5, 0.6) is 5.75 Å². The number of ether oxygens (including phenoxy) is 2. The third-order valence-electron chi connectivity index (χ3n) is 3.16. The van der Waals surface area contributed by atoms with Crippen molar-refractivity contribution >= 4 is 23.5 Å². The van der Waals surface area contributed by atoms with Crippen LogP contribution in [0.25, 0.3) is 0 Å². The molecule has 0 atom stereocenters. The van der Waals surface area contributed by atoms with Gasteiger partial charge in [0.05, 0.1) is 17.7 Å². The van der Waals surface area contributed by atoms with Gasteiger partial charge in [-0.15, -0.1) is 0 Å². The fourth-order valence-electron chi connectivity index (χ4n) is 2.03. The normalized spacial score (nSPS) is 9.96. The second-order valence-electron chi connectivity index (χ2n) is 5.00.